The maximum Gasteiger partial charge on any atom is 0.282 e. The molecule has 5 heteroatoms. The Morgan fingerprint density at radius 3 is 2.23 bits per heavy atom. The minimum Gasteiger partial charge on any atom is -0.378 e. The van der Waals surface area contributed by atoms with Crippen LogP contribution in [0.5, 0.6) is 0 Å². The highest BCUT2D eigenvalue weighted by molar-refractivity contribution is 6.33. The van der Waals surface area contributed by atoms with Crippen LogP contribution in [0.25, 0.3) is 5.70 Å². The first kappa shape index (κ1) is 16.5. The number of morpholine rings is 1. The van der Waals surface area contributed by atoms with Crippen molar-refractivity contribution >= 4 is 23.0 Å². The molecule has 0 spiro atoms. The summed E-state index contributed by atoms with van der Waals surface area (Å²) in [5.74, 6) is -0.0842. The van der Waals surface area contributed by atoms with Crippen LogP contribution in [0.15, 0.2) is 71.3 Å². The molecular weight excluding hydrogens is 326 g/mol. The van der Waals surface area contributed by atoms with Gasteiger partial charge in [0.15, 0.2) is 0 Å². The maximum atomic E-state index is 13.3. The number of nitrogens with zero attached hydrogens (tertiary/aromatic N) is 3. The largest absolute Gasteiger partial charge is 0.378 e. The number of anilines is 1. The van der Waals surface area contributed by atoms with Crippen molar-refractivity contribution in [3.05, 3.63) is 71.8 Å². The molecule has 5 nitrogen and oxygen atoms in total. The van der Waals surface area contributed by atoms with Gasteiger partial charge in [-0.3, -0.25) is 4.79 Å². The van der Waals surface area contributed by atoms with Crippen LogP contribution in [0.1, 0.15) is 12.5 Å². The Balaban J connectivity index is 1.82. The molecule has 2 aromatic carbocycles. The van der Waals surface area contributed by atoms with E-state index in [2.05, 4.69) is 10.0 Å². The summed E-state index contributed by atoms with van der Waals surface area (Å²) < 4.78 is 5.50. The smallest absolute Gasteiger partial charge is 0.282 e. The maximum absolute atomic E-state index is 13.3. The summed E-state index contributed by atoms with van der Waals surface area (Å²) in [5, 5.41) is 6.04. The SMILES string of the molecule is CC1=NN(c2ccccc2)C(=O)C1=C(c1ccccc1)N1CCOCC1. The van der Waals surface area contributed by atoms with Gasteiger partial charge in [-0.15, -0.1) is 0 Å². The quantitative estimate of drug-likeness (QED) is 0.801. The summed E-state index contributed by atoms with van der Waals surface area (Å²) in [4.78, 5) is 15.5. The zero-order valence-corrected chi connectivity index (χ0v) is 14.8. The molecule has 2 aromatic rings. The summed E-state index contributed by atoms with van der Waals surface area (Å²) in [7, 11) is 0. The summed E-state index contributed by atoms with van der Waals surface area (Å²) in [6, 6.07) is 19.6. The monoisotopic (exact) mass is 347 g/mol. The molecule has 0 saturated carbocycles. The first-order valence-electron chi connectivity index (χ1n) is 8.83. The van der Waals surface area contributed by atoms with E-state index < -0.39 is 0 Å². The average Bonchev–Trinajstić information content (AvgIpc) is 2.99. The fourth-order valence-corrected chi connectivity index (χ4v) is 3.39. The molecule has 1 fully saturated rings. The predicted octanol–water partition coefficient (Wildman–Crippen LogP) is 3.15. The number of hydrogen-bond donors (Lipinski definition) is 0. The molecule has 2 heterocycles. The molecule has 0 radical (unpaired) electrons. The third-order valence-electron chi connectivity index (χ3n) is 4.63. The van der Waals surface area contributed by atoms with E-state index in [1.165, 1.54) is 5.01 Å². The molecule has 132 valence electrons. The first-order valence-corrected chi connectivity index (χ1v) is 8.83. The van der Waals surface area contributed by atoms with Gasteiger partial charge in [0.25, 0.3) is 5.91 Å². The van der Waals surface area contributed by atoms with E-state index in [9.17, 15) is 4.79 Å². The van der Waals surface area contributed by atoms with Crippen molar-refractivity contribution in [1.82, 2.24) is 4.90 Å². The molecule has 0 atom stereocenters. The molecule has 1 saturated heterocycles. The molecule has 0 aliphatic carbocycles. The van der Waals surface area contributed by atoms with Gasteiger partial charge in [-0.25, -0.2) is 0 Å². The van der Waals surface area contributed by atoms with E-state index >= 15 is 0 Å². The normalized spacial score (nSPS) is 19.6. The van der Waals surface area contributed by atoms with E-state index in [0.717, 1.165) is 35.7 Å². The molecule has 0 bridgehead atoms. The van der Waals surface area contributed by atoms with Gasteiger partial charge in [0.2, 0.25) is 0 Å². The fraction of sp³-hybridized carbons (Fsp3) is 0.238. The van der Waals surface area contributed by atoms with Gasteiger partial charge in [0.1, 0.15) is 0 Å². The third-order valence-corrected chi connectivity index (χ3v) is 4.63. The van der Waals surface area contributed by atoms with Gasteiger partial charge in [0, 0.05) is 13.1 Å². The van der Waals surface area contributed by atoms with Gasteiger partial charge in [0.05, 0.1) is 35.9 Å². The minimum absolute atomic E-state index is 0.0842. The van der Waals surface area contributed by atoms with Crippen LogP contribution in [-0.2, 0) is 9.53 Å². The lowest BCUT2D eigenvalue weighted by Crippen LogP contribution is -2.37. The van der Waals surface area contributed by atoms with Crippen molar-refractivity contribution in [3.63, 3.8) is 0 Å². The topological polar surface area (TPSA) is 45.1 Å². The van der Waals surface area contributed by atoms with Crippen molar-refractivity contribution in [2.75, 3.05) is 31.3 Å². The van der Waals surface area contributed by atoms with Crippen molar-refractivity contribution in [1.29, 1.82) is 0 Å². The molecular formula is C21H21N3O2. The highest BCUT2D eigenvalue weighted by atomic mass is 16.5. The van der Waals surface area contributed by atoms with E-state index in [-0.39, 0.29) is 5.91 Å². The highest BCUT2D eigenvalue weighted by Crippen LogP contribution is 2.31. The lowest BCUT2D eigenvalue weighted by Gasteiger charge is -2.32. The van der Waals surface area contributed by atoms with Crippen LogP contribution in [-0.4, -0.2) is 42.8 Å². The van der Waals surface area contributed by atoms with E-state index in [0.29, 0.717) is 18.8 Å². The second-order valence-corrected chi connectivity index (χ2v) is 6.33. The van der Waals surface area contributed by atoms with E-state index in [1.807, 2.05) is 67.6 Å². The predicted molar refractivity (Wildman–Crippen MR) is 103 cm³/mol. The van der Waals surface area contributed by atoms with Crippen molar-refractivity contribution in [2.24, 2.45) is 5.10 Å². The number of ether oxygens (including phenoxy) is 1. The Morgan fingerprint density at radius 2 is 1.58 bits per heavy atom. The number of hydrogen-bond acceptors (Lipinski definition) is 4. The minimum atomic E-state index is -0.0842. The Kier molecular flexibility index (Phi) is 4.54. The molecule has 4 rings (SSSR count). The zero-order valence-electron chi connectivity index (χ0n) is 14.8. The van der Waals surface area contributed by atoms with Crippen LogP contribution in [0, 0.1) is 0 Å². The van der Waals surface area contributed by atoms with Gasteiger partial charge < -0.3 is 9.64 Å². The van der Waals surface area contributed by atoms with Crippen molar-refractivity contribution < 1.29 is 9.53 Å². The van der Waals surface area contributed by atoms with Gasteiger partial charge in [-0.1, -0.05) is 48.5 Å². The Bertz CT molecular complexity index is 853. The molecule has 1 amide bonds. The van der Waals surface area contributed by atoms with Gasteiger partial charge in [-0.2, -0.15) is 10.1 Å². The second kappa shape index (κ2) is 7.14. The van der Waals surface area contributed by atoms with Crippen LogP contribution in [0.2, 0.25) is 0 Å². The number of benzene rings is 2. The van der Waals surface area contributed by atoms with Crippen LogP contribution in [0.4, 0.5) is 5.69 Å². The summed E-state index contributed by atoms with van der Waals surface area (Å²) >= 11 is 0. The second-order valence-electron chi connectivity index (χ2n) is 6.33. The van der Waals surface area contributed by atoms with Gasteiger partial charge in [-0.05, 0) is 24.6 Å². The van der Waals surface area contributed by atoms with Crippen LogP contribution in [0.3, 0.4) is 0 Å². The van der Waals surface area contributed by atoms with Crippen LogP contribution < -0.4 is 5.01 Å². The lowest BCUT2D eigenvalue weighted by atomic mass is 10.0. The summed E-state index contributed by atoms with van der Waals surface area (Å²) in [5.41, 5.74) is 4.16. The van der Waals surface area contributed by atoms with Crippen molar-refractivity contribution in [3.8, 4) is 0 Å². The lowest BCUT2D eigenvalue weighted by molar-refractivity contribution is -0.114. The first-order chi connectivity index (χ1) is 12.8. The highest BCUT2D eigenvalue weighted by Gasteiger charge is 2.34. The number of carbonyl (C=O) groups excluding carboxylic acids is 1. The standard InChI is InChI=1S/C21H21N3O2/c1-16-19(21(25)24(22-16)18-10-6-3-7-11-18)20(17-8-4-2-5-9-17)23-12-14-26-15-13-23/h2-11H,12-15H2,1H3. The molecule has 26 heavy (non-hydrogen) atoms. The molecule has 2 aliphatic heterocycles. The summed E-state index contributed by atoms with van der Waals surface area (Å²) in [6.45, 7) is 4.76. The van der Waals surface area contributed by atoms with E-state index in [1.54, 1.807) is 0 Å². The third kappa shape index (κ3) is 3.02. The van der Waals surface area contributed by atoms with Gasteiger partial charge >= 0.3 is 0 Å². The number of amides is 1. The summed E-state index contributed by atoms with van der Waals surface area (Å²) in [6.07, 6.45) is 0. The molecule has 0 N–H and O–H groups in total. The number of carbonyl (C=O) groups is 1. The number of para-hydroxylation sites is 1. The average molecular weight is 347 g/mol. The van der Waals surface area contributed by atoms with Crippen molar-refractivity contribution in [2.45, 2.75) is 6.92 Å². The molecule has 2 aliphatic rings. The number of hydrazone groups is 1. The Labute approximate surface area is 153 Å². The van der Waals surface area contributed by atoms with Crippen LogP contribution >= 0.6 is 0 Å². The van der Waals surface area contributed by atoms with E-state index in [4.69, 9.17) is 4.74 Å². The fourth-order valence-electron chi connectivity index (χ4n) is 3.39. The molecule has 0 aromatic heterocycles. The zero-order chi connectivity index (χ0) is 17.9. The Morgan fingerprint density at radius 1 is 0.962 bits per heavy atom. The number of rotatable bonds is 3. The Hall–Kier alpha value is -2.92. The molecule has 0 unspecified atom stereocenters.